The van der Waals surface area contributed by atoms with E-state index in [9.17, 15) is 14.4 Å². The molecular weight excluding hydrogens is 757 g/mol. The molecule has 1 unspecified atom stereocenters. The predicted molar refractivity (Wildman–Crippen MR) is 261 cm³/mol. The van der Waals surface area contributed by atoms with Gasteiger partial charge in [-0.3, -0.25) is 14.4 Å². The molecule has 0 radical (unpaired) electrons. The molecule has 0 N–H and O–H groups in total. The number of allylic oxidation sites excluding steroid dienone is 2. The highest BCUT2D eigenvalue weighted by molar-refractivity contribution is 5.71. The Kier molecular flexibility index (Phi) is 49.3. The van der Waals surface area contributed by atoms with Gasteiger partial charge in [-0.25, -0.2) is 0 Å². The molecule has 0 aliphatic carbocycles. The van der Waals surface area contributed by atoms with Gasteiger partial charge in [0.15, 0.2) is 6.10 Å². The quantitative estimate of drug-likeness (QED) is 0.0262. The number of hydrogen-bond donors (Lipinski definition) is 0. The number of esters is 3. The molecule has 6 nitrogen and oxygen atoms in total. The largest absolute Gasteiger partial charge is 0.462 e. The molecule has 0 saturated carbocycles. The second-order valence-corrected chi connectivity index (χ2v) is 18.5. The molecule has 0 heterocycles. The monoisotopic (exact) mass is 861 g/mol. The van der Waals surface area contributed by atoms with E-state index in [0.29, 0.717) is 19.3 Å². The Bertz CT molecular complexity index is 947. The molecule has 0 aromatic heterocycles. The van der Waals surface area contributed by atoms with Crippen LogP contribution in [0.1, 0.15) is 303 Å². The lowest BCUT2D eigenvalue weighted by molar-refractivity contribution is -0.167. The first kappa shape index (κ1) is 59.1. The fourth-order valence-corrected chi connectivity index (χ4v) is 8.14. The summed E-state index contributed by atoms with van der Waals surface area (Å²) in [4.78, 5) is 37.8. The van der Waals surface area contributed by atoms with Crippen LogP contribution in [0.25, 0.3) is 0 Å². The summed E-state index contributed by atoms with van der Waals surface area (Å²) in [5.41, 5.74) is 0. The molecule has 0 rings (SSSR count). The van der Waals surface area contributed by atoms with Gasteiger partial charge in [0.2, 0.25) is 0 Å². The number of carbonyl (C=O) groups excluding carboxylic acids is 3. The number of carbonyl (C=O) groups is 3. The van der Waals surface area contributed by atoms with E-state index >= 15 is 0 Å². The van der Waals surface area contributed by atoms with Crippen LogP contribution in [0.3, 0.4) is 0 Å². The first-order valence-corrected chi connectivity index (χ1v) is 27.2. The summed E-state index contributed by atoms with van der Waals surface area (Å²) in [5, 5.41) is 0. The third-order valence-electron chi connectivity index (χ3n) is 12.3. The minimum Gasteiger partial charge on any atom is -0.462 e. The van der Waals surface area contributed by atoms with Gasteiger partial charge >= 0.3 is 17.9 Å². The molecule has 0 aromatic rings. The van der Waals surface area contributed by atoms with Crippen LogP contribution in [-0.2, 0) is 28.6 Å². The number of unbranched alkanes of at least 4 members (excludes halogenated alkanes) is 37. The van der Waals surface area contributed by atoms with Crippen LogP contribution >= 0.6 is 0 Å². The lowest BCUT2D eigenvalue weighted by atomic mass is 10.0. The maximum absolute atomic E-state index is 12.7. The SMILES string of the molecule is CCCCCCCCCC/C=C\CCCCCCCCCCCCCC(=O)OCC(COC(=O)CCCCCCCCCCC)OC(=O)CCCCCCCCCCCCC. The van der Waals surface area contributed by atoms with Gasteiger partial charge in [0.25, 0.3) is 0 Å². The normalized spacial score (nSPS) is 12.0. The Morgan fingerprint density at radius 2 is 0.541 bits per heavy atom. The van der Waals surface area contributed by atoms with E-state index in [1.807, 2.05) is 0 Å². The van der Waals surface area contributed by atoms with Crippen molar-refractivity contribution in [3.8, 4) is 0 Å². The van der Waals surface area contributed by atoms with Gasteiger partial charge in [-0.2, -0.15) is 0 Å². The highest BCUT2D eigenvalue weighted by Crippen LogP contribution is 2.16. The predicted octanol–water partition coefficient (Wildman–Crippen LogP) is 17.8. The van der Waals surface area contributed by atoms with Gasteiger partial charge in [0, 0.05) is 19.3 Å². The van der Waals surface area contributed by atoms with Crippen LogP contribution in [0.15, 0.2) is 12.2 Å². The maximum atomic E-state index is 12.7. The zero-order chi connectivity index (χ0) is 44.4. The van der Waals surface area contributed by atoms with Crippen molar-refractivity contribution < 1.29 is 28.6 Å². The lowest BCUT2D eigenvalue weighted by Crippen LogP contribution is -2.30. The summed E-state index contributed by atoms with van der Waals surface area (Å²) >= 11 is 0. The van der Waals surface area contributed by atoms with Crippen LogP contribution in [0, 0.1) is 0 Å². The zero-order valence-electron chi connectivity index (χ0n) is 41.2. The van der Waals surface area contributed by atoms with Crippen molar-refractivity contribution in [3.05, 3.63) is 12.2 Å². The second kappa shape index (κ2) is 50.8. The maximum Gasteiger partial charge on any atom is 0.306 e. The van der Waals surface area contributed by atoms with Crippen LogP contribution < -0.4 is 0 Å². The van der Waals surface area contributed by atoms with Crippen LogP contribution in [0.2, 0.25) is 0 Å². The average molecular weight is 861 g/mol. The van der Waals surface area contributed by atoms with E-state index in [1.165, 1.54) is 205 Å². The molecular formula is C55H104O6. The Balaban J connectivity index is 4.14. The van der Waals surface area contributed by atoms with E-state index in [2.05, 4.69) is 32.9 Å². The van der Waals surface area contributed by atoms with E-state index in [-0.39, 0.29) is 31.1 Å². The van der Waals surface area contributed by atoms with Crippen molar-refractivity contribution >= 4 is 17.9 Å². The first-order valence-electron chi connectivity index (χ1n) is 27.2. The molecule has 61 heavy (non-hydrogen) atoms. The standard InChI is InChI=1S/C55H104O6/c1-4-7-10-13-16-19-21-22-23-24-25-26-27-28-29-30-31-32-34-36-39-42-45-48-54(57)60-51-52(50-59-53(56)47-44-41-38-35-18-15-12-9-6-3)61-55(58)49-46-43-40-37-33-20-17-14-11-8-5-2/h24-25,52H,4-23,26-51H2,1-3H3/b25-24-. The van der Waals surface area contributed by atoms with Gasteiger partial charge < -0.3 is 14.2 Å². The fraction of sp³-hybridized carbons (Fsp3) is 0.909. The number of hydrogen-bond acceptors (Lipinski definition) is 6. The van der Waals surface area contributed by atoms with Crippen molar-refractivity contribution in [1.82, 2.24) is 0 Å². The molecule has 0 fully saturated rings. The lowest BCUT2D eigenvalue weighted by Gasteiger charge is -2.18. The van der Waals surface area contributed by atoms with Crippen molar-refractivity contribution in [2.45, 2.75) is 309 Å². The van der Waals surface area contributed by atoms with E-state index < -0.39 is 6.10 Å². The Hall–Kier alpha value is -1.85. The van der Waals surface area contributed by atoms with Crippen LogP contribution in [0.5, 0.6) is 0 Å². The number of rotatable bonds is 50. The Morgan fingerprint density at radius 3 is 0.820 bits per heavy atom. The molecule has 360 valence electrons. The van der Waals surface area contributed by atoms with Gasteiger partial charge in [-0.15, -0.1) is 0 Å². The molecule has 0 amide bonds. The van der Waals surface area contributed by atoms with Crippen LogP contribution in [-0.4, -0.2) is 37.2 Å². The van der Waals surface area contributed by atoms with Crippen molar-refractivity contribution in [2.75, 3.05) is 13.2 Å². The molecule has 1 atom stereocenters. The Labute approximate surface area is 380 Å². The van der Waals surface area contributed by atoms with Gasteiger partial charge in [-0.1, -0.05) is 251 Å². The molecule has 0 aliphatic rings. The third kappa shape index (κ3) is 49.0. The smallest absolute Gasteiger partial charge is 0.306 e. The van der Waals surface area contributed by atoms with Crippen molar-refractivity contribution in [2.24, 2.45) is 0 Å². The topological polar surface area (TPSA) is 78.9 Å². The van der Waals surface area contributed by atoms with Gasteiger partial charge in [-0.05, 0) is 44.9 Å². The van der Waals surface area contributed by atoms with Gasteiger partial charge in [0.1, 0.15) is 13.2 Å². The van der Waals surface area contributed by atoms with E-state index in [4.69, 9.17) is 14.2 Å². The van der Waals surface area contributed by atoms with E-state index in [0.717, 1.165) is 57.8 Å². The summed E-state index contributed by atoms with van der Waals surface area (Å²) in [6.45, 7) is 6.65. The second-order valence-electron chi connectivity index (χ2n) is 18.5. The minimum atomic E-state index is -0.762. The summed E-state index contributed by atoms with van der Waals surface area (Å²) in [6.07, 6.45) is 56.4. The molecule has 6 heteroatoms. The summed E-state index contributed by atoms with van der Waals surface area (Å²) in [7, 11) is 0. The van der Waals surface area contributed by atoms with Crippen molar-refractivity contribution in [1.29, 1.82) is 0 Å². The molecule has 0 aromatic carbocycles. The summed E-state index contributed by atoms with van der Waals surface area (Å²) in [5.74, 6) is -0.853. The highest BCUT2D eigenvalue weighted by atomic mass is 16.6. The summed E-state index contributed by atoms with van der Waals surface area (Å²) < 4.78 is 16.8. The summed E-state index contributed by atoms with van der Waals surface area (Å²) in [6, 6.07) is 0. The zero-order valence-corrected chi connectivity index (χ0v) is 41.2. The highest BCUT2D eigenvalue weighted by Gasteiger charge is 2.19. The Morgan fingerprint density at radius 1 is 0.311 bits per heavy atom. The van der Waals surface area contributed by atoms with Crippen LogP contribution in [0.4, 0.5) is 0 Å². The molecule has 0 aliphatic heterocycles. The molecule has 0 saturated heterocycles. The van der Waals surface area contributed by atoms with E-state index in [1.54, 1.807) is 0 Å². The number of ether oxygens (including phenoxy) is 3. The third-order valence-corrected chi connectivity index (χ3v) is 12.3. The van der Waals surface area contributed by atoms with Gasteiger partial charge in [0.05, 0.1) is 0 Å². The average Bonchev–Trinajstić information content (AvgIpc) is 3.26. The van der Waals surface area contributed by atoms with Crippen molar-refractivity contribution in [3.63, 3.8) is 0 Å². The molecule has 0 bridgehead atoms. The molecule has 0 spiro atoms. The minimum absolute atomic E-state index is 0.0652. The first-order chi connectivity index (χ1) is 30.0. The fourth-order valence-electron chi connectivity index (χ4n) is 8.14.